The fourth-order valence-corrected chi connectivity index (χ4v) is 2.62. The van der Waals surface area contributed by atoms with Gasteiger partial charge in [0.2, 0.25) is 11.7 Å². The Labute approximate surface area is 121 Å². The maximum Gasteiger partial charge on any atom is 0.232 e. The predicted molar refractivity (Wildman–Crippen MR) is 71.9 cm³/mol. The lowest BCUT2D eigenvalue weighted by Gasteiger charge is -2.02. The average molecular weight is 287 g/mol. The topological polar surface area (TPSA) is 71.9 Å². The second kappa shape index (κ2) is 4.55. The van der Waals surface area contributed by atoms with Gasteiger partial charge in [0.15, 0.2) is 11.6 Å². The molecule has 5 nitrogen and oxygen atoms in total. The lowest BCUT2D eigenvalue weighted by molar-refractivity contribution is 0.368. The van der Waals surface area contributed by atoms with Gasteiger partial charge in [-0.05, 0) is 23.6 Å². The largest absolute Gasteiger partial charge is 0.494 e. The Morgan fingerprint density at radius 1 is 1.43 bits per heavy atom. The Bertz CT molecular complexity index is 733. The first-order chi connectivity index (χ1) is 9.98. The molecule has 2 atom stereocenters. The van der Waals surface area contributed by atoms with Gasteiger partial charge in [0.1, 0.15) is 0 Å². The van der Waals surface area contributed by atoms with Crippen LogP contribution in [0.2, 0.25) is 0 Å². The number of nitriles is 1. The number of hydrogen-bond acceptors (Lipinski definition) is 5. The van der Waals surface area contributed by atoms with Crippen LogP contribution in [0, 0.1) is 28.5 Å². The first-order valence-electron chi connectivity index (χ1n) is 6.56. The van der Waals surface area contributed by atoms with Crippen LogP contribution in [0.15, 0.2) is 22.7 Å². The Kier molecular flexibility index (Phi) is 2.94. The van der Waals surface area contributed by atoms with Crippen molar-refractivity contribution in [2.45, 2.75) is 19.8 Å². The minimum Gasteiger partial charge on any atom is -0.494 e. The Hall–Kier alpha value is -2.42. The van der Waals surface area contributed by atoms with Crippen molar-refractivity contribution in [1.29, 1.82) is 5.26 Å². The van der Waals surface area contributed by atoms with Gasteiger partial charge in [-0.3, -0.25) is 0 Å². The number of rotatable bonds is 3. The Morgan fingerprint density at radius 2 is 2.19 bits per heavy atom. The second-order valence-corrected chi connectivity index (χ2v) is 5.71. The van der Waals surface area contributed by atoms with Gasteiger partial charge in [-0.15, -0.1) is 0 Å². The monoisotopic (exact) mass is 287 g/mol. The molecule has 1 heterocycles. The fourth-order valence-electron chi connectivity index (χ4n) is 2.62. The summed E-state index contributed by atoms with van der Waals surface area (Å²) in [6.45, 7) is 3.99. The van der Waals surface area contributed by atoms with Crippen LogP contribution < -0.4 is 4.74 Å². The van der Waals surface area contributed by atoms with E-state index >= 15 is 0 Å². The molecular weight excluding hydrogens is 273 g/mol. The molecule has 0 amide bonds. The highest BCUT2D eigenvalue weighted by atomic mass is 19.1. The molecule has 3 rings (SSSR count). The number of benzene rings is 1. The third-order valence-electron chi connectivity index (χ3n) is 4.08. The third kappa shape index (κ3) is 2.05. The molecule has 1 aromatic carbocycles. The third-order valence-corrected chi connectivity index (χ3v) is 4.08. The van der Waals surface area contributed by atoms with Crippen molar-refractivity contribution in [3.8, 4) is 23.2 Å². The van der Waals surface area contributed by atoms with Gasteiger partial charge in [0, 0.05) is 5.56 Å². The van der Waals surface area contributed by atoms with Gasteiger partial charge in [0.05, 0.1) is 25.0 Å². The lowest BCUT2D eigenvalue weighted by Crippen LogP contribution is -1.91. The molecule has 2 aromatic rings. The maximum absolute atomic E-state index is 13.4. The minimum atomic E-state index is -0.446. The van der Waals surface area contributed by atoms with Crippen molar-refractivity contribution >= 4 is 0 Å². The van der Waals surface area contributed by atoms with Crippen molar-refractivity contribution < 1.29 is 13.7 Å². The number of nitrogens with zero attached hydrogens (tertiary/aromatic N) is 3. The van der Waals surface area contributed by atoms with Gasteiger partial charge in [-0.2, -0.15) is 10.2 Å². The predicted octanol–water partition coefficient (Wildman–Crippen LogP) is 3.15. The highest BCUT2D eigenvalue weighted by Crippen LogP contribution is 2.63. The van der Waals surface area contributed by atoms with E-state index in [9.17, 15) is 4.39 Å². The van der Waals surface area contributed by atoms with E-state index in [1.165, 1.54) is 19.2 Å². The molecular formula is C15H14FN3O2. The molecule has 108 valence electrons. The van der Waals surface area contributed by atoms with Gasteiger partial charge >= 0.3 is 0 Å². The SMILES string of the molecule is COc1cc(-c2noc(C3C(C#N)C3(C)C)n2)ccc1F. The Balaban J connectivity index is 1.92. The summed E-state index contributed by atoms with van der Waals surface area (Å²) in [5.41, 5.74) is 0.453. The van der Waals surface area contributed by atoms with E-state index in [0.717, 1.165) is 0 Å². The molecule has 1 aromatic heterocycles. The van der Waals surface area contributed by atoms with E-state index in [-0.39, 0.29) is 23.0 Å². The number of ether oxygens (including phenoxy) is 1. The van der Waals surface area contributed by atoms with Crippen molar-refractivity contribution in [2.24, 2.45) is 11.3 Å². The van der Waals surface area contributed by atoms with Gasteiger partial charge < -0.3 is 9.26 Å². The zero-order valence-corrected chi connectivity index (χ0v) is 11.9. The summed E-state index contributed by atoms with van der Waals surface area (Å²) in [6.07, 6.45) is 0. The van der Waals surface area contributed by atoms with Crippen molar-refractivity contribution in [2.75, 3.05) is 7.11 Å². The van der Waals surface area contributed by atoms with Crippen LogP contribution in [0.5, 0.6) is 5.75 Å². The normalized spacial score (nSPS) is 22.6. The standard InChI is InChI=1S/C15H14FN3O2/c1-15(2)9(7-17)12(15)14-18-13(19-21-14)8-4-5-10(16)11(6-8)20-3/h4-6,9,12H,1-3H3. The molecule has 0 bridgehead atoms. The first kappa shape index (κ1) is 13.6. The van der Waals surface area contributed by atoms with Crippen LogP contribution in [-0.4, -0.2) is 17.3 Å². The molecule has 0 aliphatic heterocycles. The van der Waals surface area contributed by atoms with Crippen molar-refractivity contribution in [1.82, 2.24) is 10.1 Å². The zero-order valence-electron chi connectivity index (χ0n) is 11.9. The second-order valence-electron chi connectivity index (χ2n) is 5.71. The molecule has 6 heteroatoms. The van der Waals surface area contributed by atoms with E-state index < -0.39 is 5.82 Å². The lowest BCUT2D eigenvalue weighted by atomic mass is 10.1. The summed E-state index contributed by atoms with van der Waals surface area (Å²) in [5, 5.41) is 13.0. The molecule has 21 heavy (non-hydrogen) atoms. The highest BCUT2D eigenvalue weighted by Gasteiger charge is 2.62. The van der Waals surface area contributed by atoms with E-state index in [4.69, 9.17) is 14.5 Å². The quantitative estimate of drug-likeness (QED) is 0.867. The van der Waals surface area contributed by atoms with Crippen LogP contribution in [0.4, 0.5) is 4.39 Å². The molecule has 1 aliphatic carbocycles. The molecule has 2 unspecified atom stereocenters. The molecule has 0 radical (unpaired) electrons. The van der Waals surface area contributed by atoms with Crippen LogP contribution >= 0.6 is 0 Å². The first-order valence-corrected chi connectivity index (χ1v) is 6.56. The maximum atomic E-state index is 13.4. The smallest absolute Gasteiger partial charge is 0.232 e. The number of methoxy groups -OCH3 is 1. The van der Waals surface area contributed by atoms with Crippen molar-refractivity contribution in [3.05, 3.63) is 29.9 Å². The highest BCUT2D eigenvalue weighted by molar-refractivity contribution is 5.57. The van der Waals surface area contributed by atoms with E-state index in [1.54, 1.807) is 6.07 Å². The number of aromatic nitrogens is 2. The summed E-state index contributed by atoms with van der Waals surface area (Å²) < 4.78 is 23.6. The van der Waals surface area contributed by atoms with E-state index in [0.29, 0.717) is 17.3 Å². The van der Waals surface area contributed by atoms with Crippen molar-refractivity contribution in [3.63, 3.8) is 0 Å². The minimum absolute atomic E-state index is 0.0499. The Morgan fingerprint density at radius 3 is 2.81 bits per heavy atom. The van der Waals surface area contributed by atoms with Gasteiger partial charge in [0.25, 0.3) is 0 Å². The average Bonchev–Trinajstić information content (AvgIpc) is 2.82. The van der Waals surface area contributed by atoms with Crippen LogP contribution in [0.3, 0.4) is 0 Å². The zero-order chi connectivity index (χ0) is 15.2. The molecule has 0 saturated heterocycles. The summed E-state index contributed by atoms with van der Waals surface area (Å²) in [5.74, 6) is 0.325. The molecule has 1 saturated carbocycles. The fraction of sp³-hybridized carbons (Fsp3) is 0.400. The summed E-state index contributed by atoms with van der Waals surface area (Å²) >= 11 is 0. The number of hydrogen-bond donors (Lipinski definition) is 0. The van der Waals surface area contributed by atoms with Gasteiger partial charge in [-0.25, -0.2) is 4.39 Å². The summed E-state index contributed by atoms with van der Waals surface area (Å²) in [6, 6.07) is 6.63. The number of halogens is 1. The van der Waals surface area contributed by atoms with Crippen LogP contribution in [0.1, 0.15) is 25.7 Å². The van der Waals surface area contributed by atoms with Crippen LogP contribution in [0.25, 0.3) is 11.4 Å². The molecule has 0 N–H and O–H groups in total. The molecule has 0 spiro atoms. The van der Waals surface area contributed by atoms with Gasteiger partial charge in [-0.1, -0.05) is 19.0 Å². The van der Waals surface area contributed by atoms with Crippen LogP contribution in [-0.2, 0) is 0 Å². The van der Waals surface area contributed by atoms with E-state index in [1.807, 2.05) is 13.8 Å². The molecule has 1 fully saturated rings. The summed E-state index contributed by atoms with van der Waals surface area (Å²) in [7, 11) is 1.40. The summed E-state index contributed by atoms with van der Waals surface area (Å²) in [4.78, 5) is 4.33. The molecule has 1 aliphatic rings. The van der Waals surface area contributed by atoms with E-state index in [2.05, 4.69) is 16.2 Å².